The van der Waals surface area contributed by atoms with Crippen LogP contribution in [0.5, 0.6) is 0 Å². The van der Waals surface area contributed by atoms with E-state index in [4.69, 9.17) is 10.6 Å². The molecule has 0 saturated heterocycles. The van der Waals surface area contributed by atoms with Gasteiger partial charge in [0, 0.05) is 13.2 Å². The van der Waals surface area contributed by atoms with Crippen molar-refractivity contribution in [3.63, 3.8) is 0 Å². The number of halogens is 1. The molecule has 1 aliphatic rings. The molecule has 1 rings (SSSR count). The van der Waals surface area contributed by atoms with Crippen molar-refractivity contribution < 1.29 is 9.66 Å². The van der Waals surface area contributed by atoms with Crippen molar-refractivity contribution in [3.8, 4) is 0 Å². The van der Waals surface area contributed by atoms with Gasteiger partial charge in [0.1, 0.15) is 6.04 Å². The van der Waals surface area contributed by atoms with Crippen molar-refractivity contribution in [1.82, 2.24) is 5.43 Å². The van der Waals surface area contributed by atoms with Gasteiger partial charge in [-0.05, 0) is 0 Å². The van der Waals surface area contributed by atoms with E-state index in [1.807, 2.05) is 0 Å². The molecule has 0 heterocycles. The Morgan fingerprint density at radius 2 is 2.29 bits per heavy atom. The van der Waals surface area contributed by atoms with Gasteiger partial charge in [-0.2, -0.15) is 0 Å². The van der Waals surface area contributed by atoms with Crippen LogP contribution in [-0.2, 0) is 4.74 Å². The molecule has 0 amide bonds. The first kappa shape index (κ1) is 13.2. The molecule has 0 radical (unpaired) electrons. The number of nitro groups is 1. The average molecular weight is 266 g/mol. The number of allylic oxidation sites excluding steroid dienone is 2. The summed E-state index contributed by atoms with van der Waals surface area (Å²) in [7, 11) is 1.27. The number of hydrogen-bond acceptors (Lipinski definition) is 5. The van der Waals surface area contributed by atoms with Gasteiger partial charge in [-0.25, -0.2) is 5.43 Å². The summed E-state index contributed by atoms with van der Waals surface area (Å²) in [5.41, 5.74) is 0.729. The lowest BCUT2D eigenvalue weighted by Gasteiger charge is -2.27. The highest BCUT2D eigenvalue weighted by Gasteiger charge is 2.48. The maximum Gasteiger partial charge on any atom is 0.364 e. The van der Waals surface area contributed by atoms with Crippen LogP contribution in [0, 0.1) is 10.1 Å². The summed E-state index contributed by atoms with van der Waals surface area (Å²) in [6.07, 6.45) is 6.16. The van der Waals surface area contributed by atoms with Crippen molar-refractivity contribution in [1.29, 1.82) is 0 Å². The molecule has 2 unspecified atom stereocenters. The van der Waals surface area contributed by atoms with E-state index in [1.165, 1.54) is 13.2 Å². The molecule has 0 saturated carbocycles. The lowest BCUT2D eigenvalue weighted by molar-refractivity contribution is -0.613. The largest absolute Gasteiger partial charge is 0.364 e. The van der Waals surface area contributed by atoms with Gasteiger partial charge in [0.15, 0.2) is 0 Å². The smallest absolute Gasteiger partial charge is 0.313 e. The second-order valence-corrected chi connectivity index (χ2v) is 2.60. The fourth-order valence-corrected chi connectivity index (χ4v) is 1.23. The maximum atomic E-state index is 10.8. The van der Waals surface area contributed by atoms with Crippen LogP contribution in [0.3, 0.4) is 0 Å². The van der Waals surface area contributed by atoms with Gasteiger partial charge in [0.2, 0.25) is 0 Å². The van der Waals surface area contributed by atoms with Crippen LogP contribution in [0.1, 0.15) is 0 Å². The molecule has 2 atom stereocenters. The van der Waals surface area contributed by atoms with E-state index in [2.05, 4.69) is 5.43 Å². The molecular formula is C7H12BrN3O3. The van der Waals surface area contributed by atoms with Crippen LogP contribution < -0.4 is 11.3 Å². The Morgan fingerprint density at radius 3 is 2.64 bits per heavy atom. The van der Waals surface area contributed by atoms with Crippen molar-refractivity contribution in [3.05, 3.63) is 34.4 Å². The average Bonchev–Trinajstić information content (AvgIpc) is 2.17. The summed E-state index contributed by atoms with van der Waals surface area (Å²) in [6, 6.07) is -0.655. The van der Waals surface area contributed by atoms with Crippen molar-refractivity contribution in [2.24, 2.45) is 5.84 Å². The Hall–Kier alpha value is -0.760. The highest BCUT2D eigenvalue weighted by molar-refractivity contribution is 8.93. The summed E-state index contributed by atoms with van der Waals surface area (Å²) in [5, 5.41) is 10.8. The van der Waals surface area contributed by atoms with Gasteiger partial charge >= 0.3 is 5.72 Å². The topological polar surface area (TPSA) is 90.4 Å². The summed E-state index contributed by atoms with van der Waals surface area (Å²) in [6.45, 7) is 0. The Labute approximate surface area is 91.7 Å². The summed E-state index contributed by atoms with van der Waals surface area (Å²) >= 11 is 0. The number of nitrogens with zero attached hydrogens (tertiary/aromatic N) is 1. The third-order valence-corrected chi connectivity index (χ3v) is 1.99. The number of hydrazine groups is 1. The fraction of sp³-hybridized carbons (Fsp3) is 0.429. The number of hydrogen-bond donors (Lipinski definition) is 2. The molecular weight excluding hydrogens is 254 g/mol. The van der Waals surface area contributed by atoms with E-state index < -0.39 is 16.7 Å². The number of nitrogens with one attached hydrogen (secondary N) is 1. The van der Waals surface area contributed by atoms with Gasteiger partial charge in [0.05, 0.1) is 4.92 Å². The van der Waals surface area contributed by atoms with Crippen molar-refractivity contribution >= 4 is 17.0 Å². The van der Waals surface area contributed by atoms with E-state index in [0.717, 1.165) is 0 Å². The second-order valence-electron chi connectivity index (χ2n) is 2.60. The van der Waals surface area contributed by atoms with Crippen LogP contribution in [0.25, 0.3) is 0 Å². The zero-order chi connectivity index (χ0) is 9.90. The van der Waals surface area contributed by atoms with Gasteiger partial charge in [-0.1, -0.05) is 18.2 Å². The molecule has 1 aliphatic carbocycles. The normalized spacial score (nSPS) is 29.7. The first-order valence-corrected chi connectivity index (χ1v) is 3.69. The molecule has 0 aromatic carbocycles. The third-order valence-electron chi connectivity index (χ3n) is 1.99. The zero-order valence-corrected chi connectivity index (χ0v) is 9.26. The summed E-state index contributed by atoms with van der Waals surface area (Å²) < 4.78 is 4.86. The summed E-state index contributed by atoms with van der Waals surface area (Å²) in [4.78, 5) is 10.3. The Bertz CT molecular complexity index is 269. The van der Waals surface area contributed by atoms with Gasteiger partial charge in [-0.15, -0.1) is 17.0 Å². The van der Waals surface area contributed by atoms with Crippen LogP contribution >= 0.6 is 17.0 Å². The number of ether oxygens (including phenoxy) is 1. The lowest BCUT2D eigenvalue weighted by atomic mass is 10.00. The number of rotatable bonds is 3. The molecule has 80 valence electrons. The molecule has 7 heteroatoms. The monoisotopic (exact) mass is 265 g/mol. The van der Waals surface area contributed by atoms with Crippen LogP contribution in [0.15, 0.2) is 24.3 Å². The molecule has 3 N–H and O–H groups in total. The van der Waals surface area contributed by atoms with Crippen LogP contribution in [0.4, 0.5) is 0 Å². The van der Waals surface area contributed by atoms with E-state index in [1.54, 1.807) is 18.2 Å². The van der Waals surface area contributed by atoms with Gasteiger partial charge in [-0.3, -0.25) is 16.0 Å². The number of nitrogens with two attached hydrogens (primary N) is 1. The standard InChI is InChI=1S/C7H11N3O3.BrH/c1-13-7(10(11)12)5-3-2-4-6(7)9-8;/h2-6,9H,8H2,1H3;1H. The lowest BCUT2D eigenvalue weighted by Crippen LogP contribution is -2.57. The molecule has 0 aromatic rings. The minimum Gasteiger partial charge on any atom is -0.313 e. The van der Waals surface area contributed by atoms with Crippen molar-refractivity contribution in [2.75, 3.05) is 7.11 Å². The minimum absolute atomic E-state index is 0. The molecule has 14 heavy (non-hydrogen) atoms. The van der Waals surface area contributed by atoms with Gasteiger partial charge < -0.3 is 4.74 Å². The minimum atomic E-state index is -1.59. The third kappa shape index (κ3) is 2.01. The van der Waals surface area contributed by atoms with Gasteiger partial charge in [0.25, 0.3) is 0 Å². The van der Waals surface area contributed by atoms with E-state index in [9.17, 15) is 10.1 Å². The Balaban J connectivity index is 0.00000169. The first-order valence-electron chi connectivity index (χ1n) is 3.69. The first-order chi connectivity index (χ1) is 6.17. The molecule has 6 nitrogen and oxygen atoms in total. The van der Waals surface area contributed by atoms with E-state index in [0.29, 0.717) is 0 Å². The quantitative estimate of drug-likeness (QED) is 0.328. The highest BCUT2D eigenvalue weighted by Crippen LogP contribution is 2.22. The Kier molecular flexibility index (Phi) is 4.92. The molecule has 0 fully saturated rings. The Morgan fingerprint density at radius 1 is 1.64 bits per heavy atom. The van der Waals surface area contributed by atoms with Crippen LogP contribution in [-0.4, -0.2) is 23.8 Å². The molecule has 0 aliphatic heterocycles. The zero-order valence-electron chi connectivity index (χ0n) is 7.54. The molecule has 0 aromatic heterocycles. The molecule has 0 bridgehead atoms. The number of methoxy groups -OCH3 is 1. The van der Waals surface area contributed by atoms with Crippen LogP contribution in [0.2, 0.25) is 0 Å². The van der Waals surface area contributed by atoms with Crippen molar-refractivity contribution in [2.45, 2.75) is 11.8 Å². The molecule has 0 spiro atoms. The van der Waals surface area contributed by atoms with E-state index in [-0.39, 0.29) is 17.0 Å². The second kappa shape index (κ2) is 5.20. The predicted octanol–water partition coefficient (Wildman–Crippen LogP) is 0.142. The summed E-state index contributed by atoms with van der Waals surface area (Å²) in [5.74, 6) is 5.17. The SMILES string of the molecule is Br.COC1([N+](=O)[O-])C=CC=CC1NN. The predicted molar refractivity (Wildman–Crippen MR) is 56.4 cm³/mol. The highest BCUT2D eigenvalue weighted by atomic mass is 79.9. The fourth-order valence-electron chi connectivity index (χ4n) is 1.23. The van der Waals surface area contributed by atoms with E-state index >= 15 is 0 Å². The maximum absolute atomic E-state index is 10.8.